The highest BCUT2D eigenvalue weighted by molar-refractivity contribution is 6.10. The summed E-state index contributed by atoms with van der Waals surface area (Å²) in [5, 5.41) is 2.43. The van der Waals surface area contributed by atoms with Crippen molar-refractivity contribution in [2.45, 2.75) is 0 Å². The Bertz CT molecular complexity index is 3070. The number of para-hydroxylation sites is 5. The lowest BCUT2D eigenvalue weighted by Crippen LogP contribution is -2.15. The van der Waals surface area contributed by atoms with E-state index in [2.05, 4.69) is 221 Å². The van der Waals surface area contributed by atoms with Gasteiger partial charge in [-0.3, -0.25) is 0 Å². The molecule has 0 spiro atoms. The fraction of sp³-hybridized carbons (Fsp3) is 0. The summed E-state index contributed by atoms with van der Waals surface area (Å²) in [7, 11) is 0. The first-order valence-electron chi connectivity index (χ1n) is 19.7. The fourth-order valence-electron chi connectivity index (χ4n) is 8.43. The van der Waals surface area contributed by atoms with Crippen LogP contribution in [0.5, 0.6) is 11.5 Å². The average Bonchev–Trinajstić information content (AvgIpc) is 3.63. The Kier molecular flexibility index (Phi) is 8.11. The number of hydrogen-bond acceptors (Lipinski definition) is 3. The van der Waals surface area contributed by atoms with E-state index in [4.69, 9.17) is 4.74 Å². The number of anilines is 6. The van der Waals surface area contributed by atoms with E-state index in [0.717, 1.165) is 62.4 Å². The molecule has 11 rings (SSSR count). The topological polar surface area (TPSA) is 20.6 Å². The molecule has 274 valence electrons. The van der Waals surface area contributed by atoms with Crippen LogP contribution in [0.3, 0.4) is 0 Å². The number of nitrogens with zero attached hydrogens (tertiary/aromatic N) is 3. The van der Waals surface area contributed by atoms with E-state index in [1.807, 2.05) is 18.2 Å². The zero-order chi connectivity index (χ0) is 38.4. The molecule has 0 radical (unpaired) electrons. The van der Waals surface area contributed by atoms with Crippen molar-refractivity contribution in [1.82, 2.24) is 4.57 Å². The molecule has 2 heterocycles. The minimum Gasteiger partial charge on any atom is -0.453 e. The molecule has 0 saturated heterocycles. The van der Waals surface area contributed by atoms with Crippen molar-refractivity contribution in [2.75, 3.05) is 9.80 Å². The molecule has 4 heteroatoms. The lowest BCUT2D eigenvalue weighted by atomic mass is 10.0. The van der Waals surface area contributed by atoms with Crippen molar-refractivity contribution < 1.29 is 4.74 Å². The van der Waals surface area contributed by atoms with E-state index in [9.17, 15) is 0 Å². The van der Waals surface area contributed by atoms with E-state index < -0.39 is 0 Å². The van der Waals surface area contributed by atoms with Crippen LogP contribution in [0.15, 0.2) is 224 Å². The summed E-state index contributed by atoms with van der Waals surface area (Å²) < 4.78 is 8.92. The molecule has 0 atom stereocenters. The second-order valence-electron chi connectivity index (χ2n) is 14.6. The second-order valence-corrected chi connectivity index (χ2v) is 14.6. The van der Waals surface area contributed by atoms with Crippen LogP contribution >= 0.6 is 0 Å². The van der Waals surface area contributed by atoms with Gasteiger partial charge in [-0.2, -0.15) is 0 Å². The van der Waals surface area contributed by atoms with Crippen LogP contribution in [0.4, 0.5) is 34.1 Å². The normalized spacial score (nSPS) is 11.9. The second kappa shape index (κ2) is 14.0. The van der Waals surface area contributed by atoms with E-state index >= 15 is 0 Å². The Morgan fingerprint density at radius 3 is 1.57 bits per heavy atom. The Labute approximate surface area is 337 Å². The van der Waals surface area contributed by atoms with Crippen LogP contribution in [0, 0.1) is 0 Å². The molecule has 1 aromatic heterocycles. The third-order valence-corrected chi connectivity index (χ3v) is 11.2. The first-order valence-corrected chi connectivity index (χ1v) is 19.7. The maximum atomic E-state index is 6.55. The number of hydrogen-bond donors (Lipinski definition) is 0. The Balaban J connectivity index is 1.01. The summed E-state index contributed by atoms with van der Waals surface area (Å²) in [5.41, 5.74) is 14.5. The zero-order valence-corrected chi connectivity index (χ0v) is 31.6. The molecule has 0 bridgehead atoms. The van der Waals surface area contributed by atoms with Crippen LogP contribution in [-0.2, 0) is 0 Å². The highest BCUT2D eigenvalue weighted by atomic mass is 16.5. The van der Waals surface area contributed by atoms with Crippen molar-refractivity contribution >= 4 is 55.9 Å². The number of rotatable bonds is 7. The van der Waals surface area contributed by atoms with Crippen LogP contribution in [0.25, 0.3) is 49.7 Å². The van der Waals surface area contributed by atoms with Crippen LogP contribution in [-0.4, -0.2) is 4.57 Å². The van der Waals surface area contributed by atoms with Gasteiger partial charge in [0.15, 0.2) is 11.5 Å². The summed E-state index contributed by atoms with van der Waals surface area (Å²) in [5.74, 6) is 1.66. The summed E-state index contributed by atoms with van der Waals surface area (Å²) >= 11 is 0. The van der Waals surface area contributed by atoms with Gasteiger partial charge in [0.05, 0.1) is 22.4 Å². The molecule has 0 aliphatic carbocycles. The quantitative estimate of drug-likeness (QED) is 0.162. The third-order valence-electron chi connectivity index (χ3n) is 11.2. The van der Waals surface area contributed by atoms with Crippen molar-refractivity contribution in [3.05, 3.63) is 224 Å². The molecule has 4 nitrogen and oxygen atoms in total. The molecule has 10 aromatic rings. The summed E-state index contributed by atoms with van der Waals surface area (Å²) in [6.07, 6.45) is 0. The number of fused-ring (bicyclic) bond motifs is 5. The van der Waals surface area contributed by atoms with Gasteiger partial charge in [0, 0.05) is 39.2 Å². The minimum atomic E-state index is 0.826. The molecule has 58 heavy (non-hydrogen) atoms. The Morgan fingerprint density at radius 1 is 0.328 bits per heavy atom. The smallest absolute Gasteiger partial charge is 0.152 e. The minimum absolute atomic E-state index is 0.826. The number of ether oxygens (including phenoxy) is 1. The summed E-state index contributed by atoms with van der Waals surface area (Å²) in [6, 6.07) is 79.7. The zero-order valence-electron chi connectivity index (χ0n) is 31.6. The van der Waals surface area contributed by atoms with E-state index in [1.165, 1.54) is 32.9 Å². The van der Waals surface area contributed by atoms with Crippen LogP contribution in [0.1, 0.15) is 0 Å². The average molecular weight is 744 g/mol. The van der Waals surface area contributed by atoms with E-state index in [-0.39, 0.29) is 0 Å². The number of benzene rings is 9. The van der Waals surface area contributed by atoms with Gasteiger partial charge in [-0.25, -0.2) is 0 Å². The first kappa shape index (κ1) is 33.5. The van der Waals surface area contributed by atoms with Crippen molar-refractivity contribution in [2.24, 2.45) is 0 Å². The van der Waals surface area contributed by atoms with Crippen LogP contribution < -0.4 is 14.5 Å². The van der Waals surface area contributed by atoms with Gasteiger partial charge in [0.1, 0.15) is 0 Å². The highest BCUT2D eigenvalue weighted by Crippen LogP contribution is 2.51. The predicted octanol–water partition coefficient (Wildman–Crippen LogP) is 15.2. The van der Waals surface area contributed by atoms with Crippen LogP contribution in [0.2, 0.25) is 0 Å². The van der Waals surface area contributed by atoms with Gasteiger partial charge >= 0.3 is 0 Å². The van der Waals surface area contributed by atoms with Crippen molar-refractivity contribution in [1.29, 1.82) is 0 Å². The molecule has 1 aliphatic heterocycles. The van der Waals surface area contributed by atoms with Gasteiger partial charge in [0.2, 0.25) is 0 Å². The maximum absolute atomic E-state index is 6.55. The van der Waals surface area contributed by atoms with Crippen molar-refractivity contribution in [3.8, 4) is 39.4 Å². The van der Waals surface area contributed by atoms with Gasteiger partial charge in [0.25, 0.3) is 0 Å². The molecule has 0 unspecified atom stereocenters. The van der Waals surface area contributed by atoms with E-state index in [0.29, 0.717) is 0 Å². The lowest BCUT2D eigenvalue weighted by Gasteiger charge is -2.33. The Hall–Kier alpha value is -7.82. The molecule has 1 aliphatic rings. The highest BCUT2D eigenvalue weighted by Gasteiger charge is 2.26. The molecular weight excluding hydrogens is 707 g/mol. The van der Waals surface area contributed by atoms with Gasteiger partial charge in [-0.05, 0) is 119 Å². The molecular formula is C54H37N3O. The summed E-state index contributed by atoms with van der Waals surface area (Å²) in [4.78, 5) is 4.63. The molecule has 0 fully saturated rings. The SMILES string of the molecule is c1ccc(-c2ccc(N(c3ccc(-c4ccc5c(c4)Oc4ccccc4N5c4ccccc4)cc3)c3ccc4c(c3)c3ccccc3n4-c3ccccc3)cc2)cc1. The number of aromatic nitrogens is 1. The Morgan fingerprint density at radius 2 is 0.845 bits per heavy atom. The predicted molar refractivity (Wildman–Crippen MR) is 241 cm³/mol. The summed E-state index contributed by atoms with van der Waals surface area (Å²) in [6.45, 7) is 0. The van der Waals surface area contributed by atoms with Gasteiger partial charge in [-0.1, -0.05) is 127 Å². The first-order chi connectivity index (χ1) is 28.8. The van der Waals surface area contributed by atoms with Gasteiger partial charge < -0.3 is 19.1 Å². The fourth-order valence-corrected chi connectivity index (χ4v) is 8.43. The molecule has 9 aromatic carbocycles. The monoisotopic (exact) mass is 743 g/mol. The van der Waals surface area contributed by atoms with Gasteiger partial charge in [-0.15, -0.1) is 0 Å². The van der Waals surface area contributed by atoms with Crippen molar-refractivity contribution in [3.63, 3.8) is 0 Å². The lowest BCUT2D eigenvalue weighted by molar-refractivity contribution is 0.477. The maximum Gasteiger partial charge on any atom is 0.152 e. The molecule has 0 N–H and O–H groups in total. The molecule has 0 amide bonds. The third kappa shape index (κ3) is 5.78. The molecule has 0 saturated carbocycles. The standard InChI is InChI=1S/C54H37N3O/c1-4-14-38(15-5-1)39-24-29-44(30-25-39)55(46-33-35-50-48(37-46)47-20-10-11-21-49(47)56(50)42-16-6-2-7-17-42)45-31-26-40(27-32-45)41-28-34-52-54(36-41)58-53-23-13-12-22-51(53)57(52)43-18-8-3-9-19-43/h1-37H. The largest absolute Gasteiger partial charge is 0.453 e. The van der Waals surface area contributed by atoms with E-state index in [1.54, 1.807) is 0 Å².